The lowest BCUT2D eigenvalue weighted by Gasteiger charge is -2.18. The van der Waals surface area contributed by atoms with Crippen LogP contribution in [0.3, 0.4) is 0 Å². The Labute approximate surface area is 127 Å². The van der Waals surface area contributed by atoms with Crippen LogP contribution in [0.5, 0.6) is 5.75 Å². The molecule has 1 aromatic carbocycles. The summed E-state index contributed by atoms with van der Waals surface area (Å²) >= 11 is 3.50. The minimum atomic E-state index is 0.731. The molecular formula is C15H18BrN3O. The molecule has 0 bridgehead atoms. The number of ether oxygens (including phenoxy) is 1. The summed E-state index contributed by atoms with van der Waals surface area (Å²) < 4.78 is 6.19. The molecule has 5 heteroatoms. The van der Waals surface area contributed by atoms with E-state index in [0.29, 0.717) is 0 Å². The molecule has 0 saturated carbocycles. The zero-order valence-corrected chi connectivity index (χ0v) is 13.4. The molecule has 0 unspecified atom stereocenters. The van der Waals surface area contributed by atoms with E-state index in [4.69, 9.17) is 4.74 Å². The first-order chi connectivity index (χ1) is 9.61. The topological polar surface area (TPSA) is 37.4 Å². The maximum Gasteiger partial charge on any atom is 0.133 e. The van der Waals surface area contributed by atoms with Gasteiger partial charge < -0.3 is 15.0 Å². The average Bonchev–Trinajstić information content (AvgIpc) is 2.45. The number of pyridine rings is 1. The summed E-state index contributed by atoms with van der Waals surface area (Å²) in [6.07, 6.45) is 3.64. The Morgan fingerprint density at radius 2 is 2.10 bits per heavy atom. The molecule has 2 rings (SSSR count). The number of hydrogen-bond acceptors (Lipinski definition) is 4. The van der Waals surface area contributed by atoms with E-state index in [1.165, 1.54) is 5.56 Å². The molecule has 20 heavy (non-hydrogen) atoms. The van der Waals surface area contributed by atoms with Crippen molar-refractivity contribution in [3.63, 3.8) is 0 Å². The van der Waals surface area contributed by atoms with Crippen LogP contribution >= 0.6 is 15.9 Å². The second-order valence-electron chi connectivity index (χ2n) is 4.61. The van der Waals surface area contributed by atoms with Gasteiger partial charge in [0.25, 0.3) is 0 Å². The molecule has 1 N–H and O–H groups in total. The van der Waals surface area contributed by atoms with E-state index in [0.717, 1.165) is 28.1 Å². The minimum absolute atomic E-state index is 0.731. The van der Waals surface area contributed by atoms with Gasteiger partial charge in [0.15, 0.2) is 0 Å². The highest BCUT2D eigenvalue weighted by atomic mass is 79.9. The maximum atomic E-state index is 5.23. The van der Waals surface area contributed by atoms with E-state index >= 15 is 0 Å². The number of aromatic nitrogens is 1. The fourth-order valence-corrected chi connectivity index (χ4v) is 2.52. The van der Waals surface area contributed by atoms with Crippen molar-refractivity contribution >= 4 is 27.3 Å². The van der Waals surface area contributed by atoms with E-state index in [1.807, 2.05) is 38.5 Å². The van der Waals surface area contributed by atoms with Crippen molar-refractivity contribution in [3.8, 4) is 5.75 Å². The number of anilines is 2. The quantitative estimate of drug-likeness (QED) is 0.906. The summed E-state index contributed by atoms with van der Waals surface area (Å²) in [4.78, 5) is 6.23. The first-order valence-electron chi connectivity index (χ1n) is 6.29. The van der Waals surface area contributed by atoms with Gasteiger partial charge in [0.2, 0.25) is 0 Å². The Bertz CT molecular complexity index is 587. The molecule has 0 fully saturated rings. The van der Waals surface area contributed by atoms with Crippen molar-refractivity contribution in [1.82, 2.24) is 4.98 Å². The fourth-order valence-electron chi connectivity index (χ4n) is 1.93. The standard InChI is InChI=1S/C15H18BrN3O/c1-19(2)14-6-7-17-10-13(14)18-9-11-4-5-15(20-3)12(16)8-11/h4-8,10,18H,9H2,1-3H3. The molecule has 2 aromatic rings. The third kappa shape index (κ3) is 3.42. The van der Waals surface area contributed by atoms with Gasteiger partial charge in [-0.05, 0) is 39.7 Å². The molecule has 0 aliphatic carbocycles. The Hall–Kier alpha value is -1.75. The van der Waals surface area contributed by atoms with Gasteiger partial charge in [0.1, 0.15) is 5.75 Å². The molecule has 0 aliphatic heterocycles. The van der Waals surface area contributed by atoms with Gasteiger partial charge in [-0.2, -0.15) is 0 Å². The number of methoxy groups -OCH3 is 1. The number of rotatable bonds is 5. The Morgan fingerprint density at radius 1 is 1.30 bits per heavy atom. The van der Waals surface area contributed by atoms with Gasteiger partial charge in [-0.1, -0.05) is 6.07 Å². The van der Waals surface area contributed by atoms with Crippen molar-refractivity contribution in [2.24, 2.45) is 0 Å². The van der Waals surface area contributed by atoms with E-state index in [-0.39, 0.29) is 0 Å². The first kappa shape index (κ1) is 14.7. The van der Waals surface area contributed by atoms with Crippen LogP contribution in [0.1, 0.15) is 5.56 Å². The molecule has 0 saturated heterocycles. The first-order valence-corrected chi connectivity index (χ1v) is 7.08. The Morgan fingerprint density at radius 3 is 2.75 bits per heavy atom. The van der Waals surface area contributed by atoms with Crippen LogP contribution in [0.15, 0.2) is 41.1 Å². The number of halogens is 1. The van der Waals surface area contributed by atoms with Crippen LogP contribution in [0.4, 0.5) is 11.4 Å². The van der Waals surface area contributed by atoms with Crippen molar-refractivity contribution < 1.29 is 4.74 Å². The van der Waals surface area contributed by atoms with Crippen LogP contribution in [0, 0.1) is 0 Å². The van der Waals surface area contributed by atoms with Gasteiger partial charge in [0.05, 0.1) is 29.2 Å². The summed E-state index contributed by atoms with van der Waals surface area (Å²) in [5.74, 6) is 0.837. The summed E-state index contributed by atoms with van der Waals surface area (Å²) in [5, 5.41) is 3.41. The van der Waals surface area contributed by atoms with E-state index in [9.17, 15) is 0 Å². The third-order valence-corrected chi connectivity index (χ3v) is 3.60. The second-order valence-corrected chi connectivity index (χ2v) is 5.46. The van der Waals surface area contributed by atoms with Crippen LogP contribution in [-0.4, -0.2) is 26.2 Å². The predicted octanol–water partition coefficient (Wildman–Crippen LogP) is 3.53. The number of nitrogens with one attached hydrogen (secondary N) is 1. The summed E-state index contributed by atoms with van der Waals surface area (Å²) in [5.41, 5.74) is 3.31. The number of benzene rings is 1. The largest absolute Gasteiger partial charge is 0.496 e. The van der Waals surface area contributed by atoms with Gasteiger partial charge in [-0.3, -0.25) is 4.98 Å². The molecule has 4 nitrogen and oxygen atoms in total. The molecule has 0 aliphatic rings. The summed E-state index contributed by atoms with van der Waals surface area (Å²) in [7, 11) is 5.70. The minimum Gasteiger partial charge on any atom is -0.496 e. The van der Waals surface area contributed by atoms with Gasteiger partial charge in [-0.25, -0.2) is 0 Å². The zero-order valence-electron chi connectivity index (χ0n) is 11.9. The highest BCUT2D eigenvalue weighted by Gasteiger charge is 2.05. The van der Waals surface area contributed by atoms with Crippen molar-refractivity contribution in [3.05, 3.63) is 46.7 Å². The molecule has 1 heterocycles. The summed E-state index contributed by atoms with van der Waals surface area (Å²) in [6, 6.07) is 8.04. The smallest absolute Gasteiger partial charge is 0.133 e. The van der Waals surface area contributed by atoms with E-state index in [2.05, 4.69) is 37.2 Å². The van der Waals surface area contributed by atoms with Crippen LogP contribution in [-0.2, 0) is 6.54 Å². The molecule has 106 valence electrons. The zero-order chi connectivity index (χ0) is 14.5. The molecule has 1 aromatic heterocycles. The van der Waals surface area contributed by atoms with E-state index < -0.39 is 0 Å². The highest BCUT2D eigenvalue weighted by Crippen LogP contribution is 2.27. The lowest BCUT2D eigenvalue weighted by Crippen LogP contribution is -2.12. The maximum absolute atomic E-state index is 5.23. The molecule has 0 atom stereocenters. The van der Waals surface area contributed by atoms with Crippen LogP contribution in [0.25, 0.3) is 0 Å². The second kappa shape index (κ2) is 6.61. The Kier molecular flexibility index (Phi) is 4.84. The third-order valence-electron chi connectivity index (χ3n) is 2.98. The Balaban J connectivity index is 2.11. The predicted molar refractivity (Wildman–Crippen MR) is 86.6 cm³/mol. The molecular weight excluding hydrogens is 318 g/mol. The SMILES string of the molecule is COc1ccc(CNc2cnccc2N(C)C)cc1Br. The van der Waals surface area contributed by atoms with E-state index in [1.54, 1.807) is 13.3 Å². The number of hydrogen-bond donors (Lipinski definition) is 1. The highest BCUT2D eigenvalue weighted by molar-refractivity contribution is 9.10. The average molecular weight is 336 g/mol. The normalized spacial score (nSPS) is 10.2. The summed E-state index contributed by atoms with van der Waals surface area (Å²) in [6.45, 7) is 0.731. The van der Waals surface area contributed by atoms with Crippen LogP contribution < -0.4 is 15.0 Å². The van der Waals surface area contributed by atoms with Crippen molar-refractivity contribution in [1.29, 1.82) is 0 Å². The van der Waals surface area contributed by atoms with Crippen LogP contribution in [0.2, 0.25) is 0 Å². The lowest BCUT2D eigenvalue weighted by molar-refractivity contribution is 0.412. The van der Waals surface area contributed by atoms with Crippen molar-refractivity contribution in [2.75, 3.05) is 31.4 Å². The lowest BCUT2D eigenvalue weighted by atomic mass is 10.2. The molecule has 0 amide bonds. The number of nitrogens with zero attached hydrogens (tertiary/aromatic N) is 2. The van der Waals surface area contributed by atoms with Crippen molar-refractivity contribution in [2.45, 2.75) is 6.54 Å². The van der Waals surface area contributed by atoms with Gasteiger partial charge in [-0.15, -0.1) is 0 Å². The van der Waals surface area contributed by atoms with Gasteiger partial charge >= 0.3 is 0 Å². The molecule has 0 spiro atoms. The van der Waals surface area contributed by atoms with Gasteiger partial charge in [0, 0.05) is 26.8 Å². The monoisotopic (exact) mass is 335 g/mol. The molecule has 0 radical (unpaired) electrons. The fraction of sp³-hybridized carbons (Fsp3) is 0.267.